The average Bonchev–Trinajstić information content (AvgIpc) is 3.46. The van der Waals surface area contributed by atoms with Crippen molar-refractivity contribution in [1.29, 1.82) is 0 Å². The predicted octanol–water partition coefficient (Wildman–Crippen LogP) is -6.87. The van der Waals surface area contributed by atoms with Gasteiger partial charge in [-0.05, 0) is 19.3 Å². The third-order valence-electron chi connectivity index (χ3n) is 9.21. The molecule has 4 aliphatic heterocycles. The summed E-state index contributed by atoms with van der Waals surface area (Å²) >= 11 is 0. The molecule has 4 saturated heterocycles. The summed E-state index contributed by atoms with van der Waals surface area (Å²) in [5.74, 6) is -2.33. The molecular formula is C31H50N2O21. The van der Waals surface area contributed by atoms with Gasteiger partial charge >= 0.3 is 5.97 Å². The van der Waals surface area contributed by atoms with Crippen LogP contribution >= 0.6 is 0 Å². The van der Waals surface area contributed by atoms with Crippen LogP contribution in [-0.2, 0) is 52.4 Å². The van der Waals surface area contributed by atoms with Gasteiger partial charge in [-0.2, -0.15) is 0 Å². The minimum Gasteiger partial charge on any atom is -0.394 e. The number of carbonyl (C=O) groups is 4. The second-order valence-corrected chi connectivity index (χ2v) is 13.2. The van der Waals surface area contributed by atoms with Gasteiger partial charge in [0, 0.05) is 32.2 Å². The van der Waals surface area contributed by atoms with Gasteiger partial charge in [-0.3, -0.25) is 14.4 Å². The first kappa shape index (κ1) is 44.2. The summed E-state index contributed by atoms with van der Waals surface area (Å²) in [4.78, 5) is 52.0. The van der Waals surface area contributed by atoms with E-state index in [1.807, 2.05) is 0 Å². The smallest absolute Gasteiger partial charge is 0.333 e. The highest BCUT2D eigenvalue weighted by Crippen LogP contribution is 2.31. The maximum atomic E-state index is 12.3. The van der Waals surface area contributed by atoms with Crippen molar-refractivity contribution in [1.82, 2.24) is 10.4 Å². The van der Waals surface area contributed by atoms with Gasteiger partial charge in [0.05, 0.1) is 26.4 Å². The summed E-state index contributed by atoms with van der Waals surface area (Å²) in [6.07, 6.45) is -24.6. The van der Waals surface area contributed by atoms with Crippen molar-refractivity contribution in [3.05, 3.63) is 0 Å². The van der Waals surface area contributed by atoms with Crippen molar-refractivity contribution in [2.75, 3.05) is 33.0 Å². The van der Waals surface area contributed by atoms with Crippen LogP contribution in [-0.4, -0.2) is 205 Å². The number of nitrogens with one attached hydrogen (secondary N) is 1. The largest absolute Gasteiger partial charge is 0.394 e. The number of hydrogen-bond donors (Lipinski definition) is 11. The Labute approximate surface area is 307 Å². The molecule has 3 amide bonds. The van der Waals surface area contributed by atoms with E-state index in [-0.39, 0.29) is 57.6 Å². The minimum absolute atomic E-state index is 0.0286. The normalized spacial score (nSPS) is 38.8. The third-order valence-corrected chi connectivity index (χ3v) is 9.21. The van der Waals surface area contributed by atoms with Gasteiger partial charge in [0.25, 0.3) is 11.8 Å². The van der Waals surface area contributed by atoms with Gasteiger partial charge in [-0.1, -0.05) is 0 Å². The van der Waals surface area contributed by atoms with Gasteiger partial charge in [0.15, 0.2) is 18.9 Å². The number of hydroxylamine groups is 2. The highest BCUT2D eigenvalue weighted by Gasteiger charge is 2.52. The number of ether oxygens (including phenoxy) is 6. The van der Waals surface area contributed by atoms with Crippen LogP contribution in [0.25, 0.3) is 0 Å². The molecule has 54 heavy (non-hydrogen) atoms. The van der Waals surface area contributed by atoms with Crippen molar-refractivity contribution in [2.24, 2.45) is 0 Å². The molecule has 4 rings (SSSR count). The Hall–Kier alpha value is -2.56. The molecule has 0 spiro atoms. The van der Waals surface area contributed by atoms with E-state index < -0.39 is 130 Å². The molecule has 11 N–H and O–H groups in total. The molecule has 0 aromatic heterocycles. The molecule has 0 bridgehead atoms. The zero-order valence-corrected chi connectivity index (χ0v) is 29.1. The van der Waals surface area contributed by atoms with Crippen LogP contribution in [0, 0.1) is 0 Å². The molecule has 0 unspecified atom stereocenters. The lowest BCUT2D eigenvalue weighted by Gasteiger charge is -2.46. The number of imide groups is 1. The molecule has 0 aromatic carbocycles. The van der Waals surface area contributed by atoms with E-state index in [2.05, 4.69) is 5.32 Å². The molecule has 0 radical (unpaired) electrons. The quantitative estimate of drug-likeness (QED) is 0.0454. The summed E-state index contributed by atoms with van der Waals surface area (Å²) in [6.45, 7) is -2.21. The molecule has 0 saturated carbocycles. The number of rotatable bonds is 18. The first-order chi connectivity index (χ1) is 25.7. The third kappa shape index (κ3) is 11.1. The van der Waals surface area contributed by atoms with Crippen molar-refractivity contribution < 1.29 is 104 Å². The Morgan fingerprint density at radius 3 is 1.80 bits per heavy atom. The average molecular weight is 787 g/mol. The number of aliphatic hydroxyl groups excluding tert-OH is 10. The Bertz CT molecular complexity index is 1230. The summed E-state index contributed by atoms with van der Waals surface area (Å²) in [6, 6.07) is 0. The van der Waals surface area contributed by atoms with Crippen LogP contribution in [0.5, 0.6) is 0 Å². The summed E-state index contributed by atoms with van der Waals surface area (Å²) in [5.41, 5.74) is 0. The lowest BCUT2D eigenvalue weighted by molar-refractivity contribution is -0.366. The van der Waals surface area contributed by atoms with E-state index in [9.17, 15) is 70.2 Å². The Kier molecular flexibility index (Phi) is 16.8. The van der Waals surface area contributed by atoms with Crippen LogP contribution in [0.4, 0.5) is 0 Å². The molecule has 23 heteroatoms. The minimum atomic E-state index is -1.91. The number of unbranched alkanes of at least 4 members (excludes halogenated alkanes) is 1. The summed E-state index contributed by atoms with van der Waals surface area (Å²) in [5, 5.41) is 106. The van der Waals surface area contributed by atoms with Crippen LogP contribution in [0.2, 0.25) is 0 Å². The molecular weight excluding hydrogens is 736 g/mol. The molecule has 4 fully saturated rings. The molecule has 23 nitrogen and oxygen atoms in total. The Morgan fingerprint density at radius 2 is 1.19 bits per heavy atom. The molecule has 15 atom stereocenters. The lowest BCUT2D eigenvalue weighted by atomic mass is 9.96. The zero-order valence-electron chi connectivity index (χ0n) is 29.1. The van der Waals surface area contributed by atoms with Gasteiger partial charge in [0.2, 0.25) is 5.91 Å². The highest BCUT2D eigenvalue weighted by atomic mass is 16.8. The molecule has 4 heterocycles. The van der Waals surface area contributed by atoms with Crippen LogP contribution in [0.15, 0.2) is 0 Å². The number of aliphatic hydroxyl groups is 10. The molecule has 0 aliphatic carbocycles. The topological polar surface area (TPSA) is 350 Å². The van der Waals surface area contributed by atoms with Crippen LogP contribution in [0.3, 0.4) is 0 Å². The van der Waals surface area contributed by atoms with Crippen LogP contribution < -0.4 is 5.32 Å². The SMILES string of the molecule is O=C(CCCCC(=O)ON1C(=O)CCC1=O)NCCCO[C@@H]1O[C@H](CO[C@H]2O[C@H](CO)[C@@H](O)[C@H](O)[C@@H]2O)[C@@H](O)[C@H](O[C@H]2O[C@H](CO)[C@@H](O)[C@H](O)[C@@H]2O)[C@@H]1O. The van der Waals surface area contributed by atoms with Gasteiger partial charge in [-0.25, -0.2) is 4.79 Å². The summed E-state index contributed by atoms with van der Waals surface area (Å²) in [7, 11) is 0. The number of nitrogens with zero attached hydrogens (tertiary/aromatic N) is 1. The lowest BCUT2D eigenvalue weighted by Crippen LogP contribution is -2.65. The highest BCUT2D eigenvalue weighted by molar-refractivity contribution is 6.01. The first-order valence-corrected chi connectivity index (χ1v) is 17.5. The number of hydrogen-bond acceptors (Lipinski definition) is 21. The van der Waals surface area contributed by atoms with E-state index in [4.69, 9.17) is 33.3 Å². The fraction of sp³-hybridized carbons (Fsp3) is 0.871. The fourth-order valence-corrected chi connectivity index (χ4v) is 6.02. The van der Waals surface area contributed by atoms with Crippen molar-refractivity contribution in [2.45, 2.75) is 137 Å². The number of carbonyl (C=O) groups excluding carboxylic acids is 4. The van der Waals surface area contributed by atoms with E-state index in [1.165, 1.54) is 0 Å². The molecule has 4 aliphatic rings. The first-order valence-electron chi connectivity index (χ1n) is 17.5. The van der Waals surface area contributed by atoms with Crippen molar-refractivity contribution in [3.8, 4) is 0 Å². The van der Waals surface area contributed by atoms with Crippen LogP contribution in [0.1, 0.15) is 44.9 Å². The second kappa shape index (κ2) is 20.6. The second-order valence-electron chi connectivity index (χ2n) is 13.2. The summed E-state index contributed by atoms with van der Waals surface area (Å²) < 4.78 is 33.2. The van der Waals surface area contributed by atoms with Crippen molar-refractivity contribution in [3.63, 3.8) is 0 Å². The maximum Gasteiger partial charge on any atom is 0.333 e. The Balaban J connectivity index is 1.28. The Morgan fingerprint density at radius 1 is 0.648 bits per heavy atom. The predicted molar refractivity (Wildman–Crippen MR) is 168 cm³/mol. The van der Waals surface area contributed by atoms with E-state index in [0.29, 0.717) is 11.5 Å². The maximum absolute atomic E-state index is 12.3. The van der Waals surface area contributed by atoms with E-state index >= 15 is 0 Å². The zero-order chi connectivity index (χ0) is 39.7. The molecule has 0 aromatic rings. The van der Waals surface area contributed by atoms with Gasteiger partial charge in [-0.15, -0.1) is 5.06 Å². The number of amides is 3. The monoisotopic (exact) mass is 786 g/mol. The van der Waals surface area contributed by atoms with Gasteiger partial charge < -0.3 is 89.6 Å². The molecule has 310 valence electrons. The van der Waals surface area contributed by atoms with E-state index in [1.54, 1.807) is 0 Å². The van der Waals surface area contributed by atoms with Crippen molar-refractivity contribution >= 4 is 23.7 Å². The standard InChI is InChI=1S/C31H50N2O21/c34-10-13-20(40)23(43)25(45)29(50-13)49-12-15-22(42)28(53-31-26(46)24(44)21(41)14(11-35)51-31)27(47)30(52-15)48-9-3-8-32-16(36)4-1-2-5-19(39)54-33-17(37)6-7-18(33)38/h13-15,20-31,34-35,40-47H,1-12H2,(H,32,36)/t13-,14-,15-,20-,21-,22-,23+,24+,25+,26+,27+,28+,29+,30-,31-/m1/s1. The van der Waals surface area contributed by atoms with E-state index in [0.717, 1.165) is 0 Å². The van der Waals surface area contributed by atoms with Gasteiger partial charge in [0.1, 0.15) is 73.2 Å². The fourth-order valence-electron chi connectivity index (χ4n) is 6.02.